The lowest BCUT2D eigenvalue weighted by Gasteiger charge is -2.49. The summed E-state index contributed by atoms with van der Waals surface area (Å²) in [5.74, 6) is 0.926. The van der Waals surface area contributed by atoms with Crippen molar-refractivity contribution in [3.05, 3.63) is 89.0 Å². The number of alkyl halides is 1. The van der Waals surface area contributed by atoms with Gasteiger partial charge in [0.1, 0.15) is 12.4 Å². The first kappa shape index (κ1) is 40.7. The Balaban J connectivity index is 1.62. The van der Waals surface area contributed by atoms with Gasteiger partial charge in [0.05, 0.1) is 29.3 Å². The van der Waals surface area contributed by atoms with Crippen molar-refractivity contribution in [2.45, 2.75) is 106 Å². The van der Waals surface area contributed by atoms with Crippen molar-refractivity contribution in [3.63, 3.8) is 0 Å². The molecule has 52 heavy (non-hydrogen) atoms. The number of fused-ring (bicyclic) bond motifs is 1. The Morgan fingerprint density at radius 2 is 1.58 bits per heavy atom. The number of anilines is 1. The minimum Gasteiger partial charge on any atom is -0.490 e. The van der Waals surface area contributed by atoms with Crippen molar-refractivity contribution in [1.82, 2.24) is 5.32 Å². The molecule has 0 spiro atoms. The van der Waals surface area contributed by atoms with Gasteiger partial charge in [-0.3, -0.25) is 0 Å². The molecule has 2 aliphatic rings. The number of hydrogen-bond acceptors (Lipinski definition) is 8. The molecule has 0 saturated carbocycles. The molecule has 11 heteroatoms. The average molecular weight is 772 g/mol. The van der Waals surface area contributed by atoms with E-state index >= 15 is 0 Å². The minimum atomic E-state index is -4.02. The van der Waals surface area contributed by atoms with E-state index in [1.54, 1.807) is 19.2 Å². The van der Waals surface area contributed by atoms with Gasteiger partial charge >= 0.3 is 0 Å². The van der Waals surface area contributed by atoms with E-state index in [0.29, 0.717) is 60.9 Å². The highest BCUT2D eigenvalue weighted by molar-refractivity contribution is 7.91. The van der Waals surface area contributed by atoms with Crippen LogP contribution in [0.3, 0.4) is 0 Å². The minimum absolute atomic E-state index is 0.222. The molecule has 1 fully saturated rings. The smallest absolute Gasteiger partial charge is 0.209 e. The van der Waals surface area contributed by atoms with Gasteiger partial charge in [-0.1, -0.05) is 89.6 Å². The monoisotopic (exact) mass is 770 g/mol. The Labute approximate surface area is 318 Å². The standard InChI is InChI=1S/C41H59ClN2O6SSi/c1-28(2)52(29(3)4,30(5)6)50-39-27-43-26-38(40(39)33-14-12-32(25-42)13-15-33)49-41(51(45,46)35-17-10-31(7)11-18-35)34-16-19-37-36(24-34)44(21-23-48-37)20-9-22-47-8/h10-19,24,28-30,38-41,43H,9,20-23,25-27H2,1-8H3/t38-,39+,40+,41?/m0/s1. The van der Waals surface area contributed by atoms with Crippen LogP contribution in [0.4, 0.5) is 5.69 Å². The molecule has 2 aliphatic heterocycles. The molecule has 1 saturated heterocycles. The first-order valence-electron chi connectivity index (χ1n) is 18.8. The quantitative estimate of drug-likeness (QED) is 0.0880. The number of nitrogens with zero attached hydrogens (tertiary/aromatic N) is 1. The zero-order chi connectivity index (χ0) is 37.6. The summed E-state index contributed by atoms with van der Waals surface area (Å²) in [5, 5.41) is 3.60. The molecule has 286 valence electrons. The first-order chi connectivity index (χ1) is 24.8. The molecular weight excluding hydrogens is 712 g/mol. The number of halogens is 1. The molecule has 0 radical (unpaired) electrons. The van der Waals surface area contributed by atoms with Gasteiger partial charge in [0.25, 0.3) is 0 Å². The largest absolute Gasteiger partial charge is 0.490 e. The van der Waals surface area contributed by atoms with Crippen LogP contribution in [0.5, 0.6) is 5.75 Å². The molecule has 8 nitrogen and oxygen atoms in total. The van der Waals surface area contributed by atoms with Crippen molar-refractivity contribution >= 4 is 35.4 Å². The average Bonchev–Trinajstić information content (AvgIpc) is 3.12. The fourth-order valence-corrected chi connectivity index (χ4v) is 15.8. The Morgan fingerprint density at radius 1 is 0.923 bits per heavy atom. The van der Waals surface area contributed by atoms with Crippen LogP contribution in [-0.4, -0.2) is 75.4 Å². The molecule has 3 aromatic rings. The molecule has 3 aromatic carbocycles. The predicted molar refractivity (Wildman–Crippen MR) is 214 cm³/mol. The summed E-state index contributed by atoms with van der Waals surface area (Å²) >= 11 is 6.23. The normalized spacial score (nSPS) is 20.3. The maximum atomic E-state index is 14.8. The van der Waals surface area contributed by atoms with Gasteiger partial charge < -0.3 is 28.9 Å². The van der Waals surface area contributed by atoms with Crippen molar-refractivity contribution < 1.29 is 27.1 Å². The number of ether oxygens (including phenoxy) is 3. The van der Waals surface area contributed by atoms with E-state index < -0.39 is 29.7 Å². The van der Waals surface area contributed by atoms with Crippen LogP contribution in [0.2, 0.25) is 16.6 Å². The van der Waals surface area contributed by atoms with E-state index in [0.717, 1.165) is 41.1 Å². The number of rotatable bonds is 16. The Kier molecular flexibility index (Phi) is 13.9. The van der Waals surface area contributed by atoms with Crippen molar-refractivity contribution in [2.75, 3.05) is 51.4 Å². The van der Waals surface area contributed by atoms with E-state index in [1.165, 1.54) is 0 Å². The molecule has 4 atom stereocenters. The van der Waals surface area contributed by atoms with E-state index in [1.807, 2.05) is 37.3 Å². The Morgan fingerprint density at radius 3 is 2.19 bits per heavy atom. The Bertz CT molecular complexity index is 1680. The maximum absolute atomic E-state index is 14.8. The number of nitrogens with one attached hydrogen (secondary N) is 1. The van der Waals surface area contributed by atoms with Gasteiger partial charge in [0.2, 0.25) is 18.2 Å². The SMILES string of the molecule is COCCCN1CCOc2ccc(C(O[C@H]3CNC[C@@H](O[Si](C(C)C)(C(C)C)C(C)C)[C@@H]3c3ccc(CCl)cc3)S(=O)(=O)c3ccc(C)cc3)cc21. The lowest BCUT2D eigenvalue weighted by atomic mass is 9.85. The van der Waals surface area contributed by atoms with E-state index in [2.05, 4.69) is 76.0 Å². The van der Waals surface area contributed by atoms with Crippen molar-refractivity contribution in [2.24, 2.45) is 0 Å². The third-order valence-corrected chi connectivity index (χ3v) is 19.3. The summed E-state index contributed by atoms with van der Waals surface area (Å²) in [6.45, 7) is 19.5. The van der Waals surface area contributed by atoms with E-state index in [9.17, 15) is 8.42 Å². The summed E-state index contributed by atoms with van der Waals surface area (Å²) in [4.78, 5) is 2.47. The summed E-state index contributed by atoms with van der Waals surface area (Å²) in [7, 11) is -4.66. The van der Waals surface area contributed by atoms with Crippen LogP contribution in [0.15, 0.2) is 71.6 Å². The second-order valence-electron chi connectivity index (χ2n) is 15.3. The summed E-state index contributed by atoms with van der Waals surface area (Å²) in [6, 6.07) is 21.0. The number of benzene rings is 3. The van der Waals surface area contributed by atoms with Gasteiger partial charge in [-0.05, 0) is 70.9 Å². The zero-order valence-electron chi connectivity index (χ0n) is 32.2. The molecule has 1 unspecified atom stereocenters. The van der Waals surface area contributed by atoms with Gasteiger partial charge in [-0.25, -0.2) is 8.42 Å². The topological polar surface area (TPSA) is 86.3 Å². The molecule has 2 heterocycles. The summed E-state index contributed by atoms with van der Waals surface area (Å²) in [6.07, 6.45) is 0.0965. The van der Waals surface area contributed by atoms with Gasteiger partial charge in [0, 0.05) is 45.1 Å². The fourth-order valence-electron chi connectivity index (χ4n) is 8.45. The number of methoxy groups -OCH3 is 1. The highest BCUT2D eigenvalue weighted by atomic mass is 35.5. The third-order valence-electron chi connectivity index (χ3n) is 11.0. The molecule has 0 aliphatic carbocycles. The molecular formula is C41H59ClN2O6SSi. The Hall–Kier alpha value is -2.44. The second-order valence-corrected chi connectivity index (χ2v) is 23.0. The number of piperidine rings is 1. The van der Waals surface area contributed by atoms with Crippen LogP contribution in [0.25, 0.3) is 0 Å². The second kappa shape index (κ2) is 17.8. The van der Waals surface area contributed by atoms with Crippen LogP contribution in [0, 0.1) is 6.92 Å². The summed E-state index contributed by atoms with van der Waals surface area (Å²) < 4.78 is 55.6. The van der Waals surface area contributed by atoms with Gasteiger partial charge in [-0.15, -0.1) is 11.6 Å². The highest BCUT2D eigenvalue weighted by Crippen LogP contribution is 2.47. The van der Waals surface area contributed by atoms with E-state index in [-0.39, 0.29) is 16.9 Å². The van der Waals surface area contributed by atoms with Gasteiger partial charge in [0.15, 0.2) is 5.44 Å². The number of hydrogen-bond donors (Lipinski definition) is 1. The van der Waals surface area contributed by atoms with E-state index in [4.69, 9.17) is 30.2 Å². The van der Waals surface area contributed by atoms with Crippen LogP contribution >= 0.6 is 11.6 Å². The number of sulfone groups is 1. The zero-order valence-corrected chi connectivity index (χ0v) is 34.8. The highest BCUT2D eigenvalue weighted by Gasteiger charge is 2.50. The van der Waals surface area contributed by atoms with Crippen LogP contribution in [-0.2, 0) is 29.6 Å². The number of aryl methyl sites for hydroxylation is 1. The lowest BCUT2D eigenvalue weighted by Crippen LogP contribution is -2.58. The fraction of sp³-hybridized carbons (Fsp3) is 0.561. The van der Waals surface area contributed by atoms with Gasteiger partial charge in [-0.2, -0.15) is 0 Å². The molecule has 1 N–H and O–H groups in total. The maximum Gasteiger partial charge on any atom is 0.209 e. The molecule has 0 bridgehead atoms. The van der Waals surface area contributed by atoms with Crippen molar-refractivity contribution in [3.8, 4) is 5.75 Å². The van der Waals surface area contributed by atoms with Crippen molar-refractivity contribution in [1.29, 1.82) is 0 Å². The third kappa shape index (κ3) is 8.75. The lowest BCUT2D eigenvalue weighted by molar-refractivity contribution is -0.0365. The summed E-state index contributed by atoms with van der Waals surface area (Å²) in [5.41, 5.74) is 4.36. The molecule has 0 amide bonds. The van der Waals surface area contributed by atoms with Crippen LogP contribution in [0.1, 0.15) is 81.6 Å². The molecule has 5 rings (SSSR count). The van der Waals surface area contributed by atoms with Crippen LogP contribution < -0.4 is 15.0 Å². The first-order valence-corrected chi connectivity index (χ1v) is 23.1. The molecule has 0 aromatic heterocycles. The predicted octanol–water partition coefficient (Wildman–Crippen LogP) is 8.77.